The lowest BCUT2D eigenvalue weighted by Gasteiger charge is -2.10. The van der Waals surface area contributed by atoms with Crippen LogP contribution in [0.15, 0.2) is 18.2 Å². The molecule has 0 amide bonds. The summed E-state index contributed by atoms with van der Waals surface area (Å²) in [5.74, 6) is 0.807. The third kappa shape index (κ3) is 2.87. The largest absolute Gasteiger partial charge is 0.496 e. The van der Waals surface area contributed by atoms with Crippen LogP contribution in [0.4, 0.5) is 0 Å². The van der Waals surface area contributed by atoms with E-state index < -0.39 is 0 Å². The van der Waals surface area contributed by atoms with E-state index in [4.69, 9.17) is 22.1 Å². The lowest BCUT2D eigenvalue weighted by atomic mass is 10.2. The van der Waals surface area contributed by atoms with Crippen molar-refractivity contribution in [2.24, 2.45) is 5.73 Å². The number of rotatable bonds is 5. The molecule has 0 saturated heterocycles. The fourth-order valence-corrected chi connectivity index (χ4v) is 1.45. The maximum atomic E-state index is 6.04. The molecule has 0 bridgehead atoms. The van der Waals surface area contributed by atoms with Crippen molar-refractivity contribution < 1.29 is 4.74 Å². The molecule has 0 heterocycles. The van der Waals surface area contributed by atoms with Crippen LogP contribution in [-0.4, -0.2) is 20.2 Å². The second kappa shape index (κ2) is 5.86. The van der Waals surface area contributed by atoms with Gasteiger partial charge < -0.3 is 15.8 Å². The molecule has 78 valence electrons. The summed E-state index contributed by atoms with van der Waals surface area (Å²) >= 11 is 6.04. The summed E-state index contributed by atoms with van der Waals surface area (Å²) in [6.07, 6.45) is 0. The van der Waals surface area contributed by atoms with Gasteiger partial charge in [0.2, 0.25) is 0 Å². The minimum Gasteiger partial charge on any atom is -0.496 e. The molecule has 0 aromatic heterocycles. The van der Waals surface area contributed by atoms with Gasteiger partial charge in [-0.05, 0) is 12.1 Å². The van der Waals surface area contributed by atoms with Gasteiger partial charge in [-0.3, -0.25) is 0 Å². The number of halogens is 1. The SMILES string of the molecule is COc1cccc(Cl)c1CNCCN. The zero-order valence-electron chi connectivity index (χ0n) is 8.22. The number of ether oxygens (including phenoxy) is 1. The van der Waals surface area contributed by atoms with Crippen LogP contribution in [0.25, 0.3) is 0 Å². The third-order valence-corrected chi connectivity index (χ3v) is 2.27. The van der Waals surface area contributed by atoms with Gasteiger partial charge in [-0.15, -0.1) is 0 Å². The number of benzene rings is 1. The summed E-state index contributed by atoms with van der Waals surface area (Å²) in [5.41, 5.74) is 6.35. The standard InChI is InChI=1S/C10H15ClN2O/c1-14-10-4-2-3-9(11)8(10)7-13-6-5-12/h2-4,13H,5-7,12H2,1H3. The van der Waals surface area contributed by atoms with Gasteiger partial charge in [-0.1, -0.05) is 17.7 Å². The zero-order valence-corrected chi connectivity index (χ0v) is 8.97. The van der Waals surface area contributed by atoms with Gasteiger partial charge in [0.05, 0.1) is 7.11 Å². The minimum atomic E-state index is 0.618. The summed E-state index contributed by atoms with van der Waals surface area (Å²) < 4.78 is 5.20. The van der Waals surface area contributed by atoms with Crippen LogP contribution in [-0.2, 0) is 6.54 Å². The zero-order chi connectivity index (χ0) is 10.4. The van der Waals surface area contributed by atoms with Crippen LogP contribution in [0, 0.1) is 0 Å². The average molecular weight is 215 g/mol. The van der Waals surface area contributed by atoms with E-state index in [9.17, 15) is 0 Å². The fourth-order valence-electron chi connectivity index (χ4n) is 1.22. The number of hydrogen-bond donors (Lipinski definition) is 2. The summed E-state index contributed by atoms with van der Waals surface area (Å²) in [4.78, 5) is 0. The van der Waals surface area contributed by atoms with Crippen molar-refractivity contribution in [1.82, 2.24) is 5.32 Å². The summed E-state index contributed by atoms with van der Waals surface area (Å²) in [5, 5.41) is 3.89. The first-order valence-electron chi connectivity index (χ1n) is 4.51. The van der Waals surface area contributed by atoms with Gasteiger partial charge in [0.25, 0.3) is 0 Å². The highest BCUT2D eigenvalue weighted by atomic mass is 35.5. The average Bonchev–Trinajstić information content (AvgIpc) is 2.20. The van der Waals surface area contributed by atoms with Crippen LogP contribution >= 0.6 is 11.6 Å². The molecule has 0 unspecified atom stereocenters. The van der Waals surface area contributed by atoms with E-state index in [1.54, 1.807) is 7.11 Å². The first kappa shape index (κ1) is 11.3. The summed E-state index contributed by atoms with van der Waals surface area (Å²) in [7, 11) is 1.64. The monoisotopic (exact) mass is 214 g/mol. The van der Waals surface area contributed by atoms with Crippen molar-refractivity contribution >= 4 is 11.6 Å². The van der Waals surface area contributed by atoms with Crippen molar-refractivity contribution in [1.29, 1.82) is 0 Å². The quantitative estimate of drug-likeness (QED) is 0.729. The molecule has 0 atom stereocenters. The molecule has 0 fully saturated rings. The minimum absolute atomic E-state index is 0.618. The maximum Gasteiger partial charge on any atom is 0.124 e. The van der Waals surface area contributed by atoms with Crippen molar-refractivity contribution in [2.75, 3.05) is 20.2 Å². The molecule has 14 heavy (non-hydrogen) atoms. The summed E-state index contributed by atoms with van der Waals surface area (Å²) in [6, 6.07) is 5.61. The molecule has 3 N–H and O–H groups in total. The second-order valence-corrected chi connectivity index (χ2v) is 3.29. The Hall–Kier alpha value is -0.770. The van der Waals surface area contributed by atoms with Gasteiger partial charge in [0.1, 0.15) is 5.75 Å². The topological polar surface area (TPSA) is 47.3 Å². The van der Waals surface area contributed by atoms with E-state index >= 15 is 0 Å². The van der Waals surface area contributed by atoms with Gasteiger partial charge in [-0.25, -0.2) is 0 Å². The predicted molar refractivity (Wildman–Crippen MR) is 58.8 cm³/mol. The highest BCUT2D eigenvalue weighted by Gasteiger charge is 2.05. The molecule has 1 rings (SSSR count). The van der Waals surface area contributed by atoms with Gasteiger partial charge >= 0.3 is 0 Å². The molecule has 1 aromatic rings. The van der Waals surface area contributed by atoms with Gasteiger partial charge in [0.15, 0.2) is 0 Å². The Morgan fingerprint density at radius 3 is 2.93 bits per heavy atom. The summed E-state index contributed by atoms with van der Waals surface area (Å²) in [6.45, 7) is 2.07. The Bertz CT molecular complexity index is 291. The first-order chi connectivity index (χ1) is 6.79. The van der Waals surface area contributed by atoms with E-state index in [1.165, 1.54) is 0 Å². The highest BCUT2D eigenvalue weighted by molar-refractivity contribution is 6.31. The fraction of sp³-hybridized carbons (Fsp3) is 0.400. The number of hydrogen-bond acceptors (Lipinski definition) is 3. The van der Waals surface area contributed by atoms with Crippen LogP contribution in [0.5, 0.6) is 5.75 Å². The van der Waals surface area contributed by atoms with E-state index in [0.29, 0.717) is 18.1 Å². The molecule has 0 aliphatic rings. The first-order valence-corrected chi connectivity index (χ1v) is 4.89. The van der Waals surface area contributed by atoms with Crippen molar-refractivity contribution in [3.05, 3.63) is 28.8 Å². The lowest BCUT2D eigenvalue weighted by molar-refractivity contribution is 0.408. The molecule has 4 heteroatoms. The van der Waals surface area contributed by atoms with Crippen molar-refractivity contribution in [3.8, 4) is 5.75 Å². The number of methoxy groups -OCH3 is 1. The van der Waals surface area contributed by atoms with Gasteiger partial charge in [0, 0.05) is 30.2 Å². The molecule has 0 aliphatic carbocycles. The van der Waals surface area contributed by atoms with E-state index in [-0.39, 0.29) is 0 Å². The Kier molecular flexibility index (Phi) is 4.73. The van der Waals surface area contributed by atoms with Crippen LogP contribution in [0.1, 0.15) is 5.56 Å². The molecule has 1 aromatic carbocycles. The number of nitrogens with one attached hydrogen (secondary N) is 1. The number of nitrogens with two attached hydrogens (primary N) is 1. The normalized spacial score (nSPS) is 10.2. The molecule has 0 radical (unpaired) electrons. The van der Waals surface area contributed by atoms with Crippen molar-refractivity contribution in [3.63, 3.8) is 0 Å². The second-order valence-electron chi connectivity index (χ2n) is 2.89. The third-order valence-electron chi connectivity index (χ3n) is 1.92. The van der Waals surface area contributed by atoms with Crippen LogP contribution in [0.3, 0.4) is 0 Å². The molecule has 3 nitrogen and oxygen atoms in total. The van der Waals surface area contributed by atoms with Crippen LogP contribution < -0.4 is 15.8 Å². The lowest BCUT2D eigenvalue weighted by Crippen LogP contribution is -2.22. The van der Waals surface area contributed by atoms with E-state index in [2.05, 4.69) is 5.32 Å². The Labute approximate surface area is 89.2 Å². The molecule has 0 aliphatic heterocycles. The van der Waals surface area contributed by atoms with Crippen LogP contribution in [0.2, 0.25) is 5.02 Å². The molecular formula is C10H15ClN2O. The van der Waals surface area contributed by atoms with Crippen molar-refractivity contribution in [2.45, 2.75) is 6.54 Å². The molecular weight excluding hydrogens is 200 g/mol. The van der Waals surface area contributed by atoms with Gasteiger partial charge in [-0.2, -0.15) is 0 Å². The van der Waals surface area contributed by atoms with E-state index in [1.807, 2.05) is 18.2 Å². The smallest absolute Gasteiger partial charge is 0.124 e. The highest BCUT2D eigenvalue weighted by Crippen LogP contribution is 2.25. The maximum absolute atomic E-state index is 6.04. The Balaban J connectivity index is 2.72. The Morgan fingerprint density at radius 1 is 1.50 bits per heavy atom. The molecule has 0 spiro atoms. The predicted octanol–water partition coefficient (Wildman–Crippen LogP) is 1.40. The van der Waals surface area contributed by atoms with E-state index in [0.717, 1.165) is 17.9 Å². The Morgan fingerprint density at radius 2 is 2.29 bits per heavy atom. The molecule has 0 saturated carbocycles.